The van der Waals surface area contributed by atoms with Crippen LogP contribution in [0.15, 0.2) is 36.5 Å². The van der Waals surface area contributed by atoms with E-state index in [1.54, 1.807) is 24.4 Å². The van der Waals surface area contributed by atoms with Crippen molar-refractivity contribution < 1.29 is 9.50 Å². The average Bonchev–Trinajstić information content (AvgIpc) is 2.33. The SMILES string of the molecule is Cc1ccc(C(O)Cc2ccc(Cl)cc2F)nc1. The standard InChI is InChI=1S/C14H13ClFNO/c1-9-2-5-13(17-8-9)14(18)6-10-3-4-11(15)7-12(10)16/h2-5,7-8,14,18H,6H2,1H3. The van der Waals surface area contributed by atoms with E-state index in [2.05, 4.69) is 4.98 Å². The summed E-state index contributed by atoms with van der Waals surface area (Å²) < 4.78 is 13.6. The van der Waals surface area contributed by atoms with Gasteiger partial charge in [0.05, 0.1) is 5.69 Å². The Balaban J connectivity index is 2.15. The predicted octanol–water partition coefficient (Wildman–Crippen LogP) is 3.46. The lowest BCUT2D eigenvalue weighted by molar-refractivity contribution is 0.172. The Hall–Kier alpha value is -1.45. The third-order valence-corrected chi connectivity index (χ3v) is 2.94. The lowest BCUT2D eigenvalue weighted by Gasteiger charge is -2.11. The molecule has 1 atom stereocenters. The van der Waals surface area contributed by atoms with Crippen LogP contribution in [-0.4, -0.2) is 10.1 Å². The second kappa shape index (κ2) is 5.46. The van der Waals surface area contributed by atoms with E-state index in [1.807, 2.05) is 13.0 Å². The fourth-order valence-electron chi connectivity index (χ4n) is 1.68. The van der Waals surface area contributed by atoms with Crippen molar-refractivity contribution in [2.75, 3.05) is 0 Å². The molecule has 1 heterocycles. The van der Waals surface area contributed by atoms with Gasteiger partial charge in [0.1, 0.15) is 11.9 Å². The van der Waals surface area contributed by atoms with E-state index in [-0.39, 0.29) is 6.42 Å². The number of pyridine rings is 1. The molecular weight excluding hydrogens is 253 g/mol. The van der Waals surface area contributed by atoms with Crippen LogP contribution in [-0.2, 0) is 6.42 Å². The zero-order chi connectivity index (χ0) is 13.1. The highest BCUT2D eigenvalue weighted by Crippen LogP contribution is 2.21. The summed E-state index contributed by atoms with van der Waals surface area (Å²) in [5.74, 6) is -0.409. The summed E-state index contributed by atoms with van der Waals surface area (Å²) in [7, 11) is 0. The van der Waals surface area contributed by atoms with Crippen LogP contribution < -0.4 is 0 Å². The first kappa shape index (κ1) is 13.0. The lowest BCUT2D eigenvalue weighted by Crippen LogP contribution is -2.05. The third-order valence-electron chi connectivity index (χ3n) is 2.70. The zero-order valence-electron chi connectivity index (χ0n) is 9.90. The fourth-order valence-corrected chi connectivity index (χ4v) is 1.84. The summed E-state index contributed by atoms with van der Waals surface area (Å²) in [4.78, 5) is 4.12. The molecule has 2 aromatic rings. The maximum absolute atomic E-state index is 13.6. The summed E-state index contributed by atoms with van der Waals surface area (Å²) >= 11 is 5.67. The van der Waals surface area contributed by atoms with Crippen LogP contribution in [0.4, 0.5) is 4.39 Å². The molecule has 2 nitrogen and oxygen atoms in total. The molecule has 1 aromatic carbocycles. The van der Waals surface area contributed by atoms with Crippen LogP contribution in [0.5, 0.6) is 0 Å². The Morgan fingerprint density at radius 1 is 1.33 bits per heavy atom. The smallest absolute Gasteiger partial charge is 0.127 e. The largest absolute Gasteiger partial charge is 0.386 e. The Labute approximate surface area is 110 Å². The number of halogens is 2. The van der Waals surface area contributed by atoms with E-state index in [1.165, 1.54) is 6.07 Å². The van der Waals surface area contributed by atoms with Crippen LogP contribution in [0.25, 0.3) is 0 Å². The van der Waals surface area contributed by atoms with Gasteiger partial charge in [0.2, 0.25) is 0 Å². The van der Waals surface area contributed by atoms with E-state index in [0.29, 0.717) is 16.3 Å². The zero-order valence-corrected chi connectivity index (χ0v) is 10.7. The fraction of sp³-hybridized carbons (Fsp3) is 0.214. The summed E-state index contributed by atoms with van der Waals surface area (Å²) in [6.45, 7) is 1.92. The second-order valence-corrected chi connectivity index (χ2v) is 4.65. The van der Waals surface area contributed by atoms with Crippen LogP contribution in [0.3, 0.4) is 0 Å². The van der Waals surface area contributed by atoms with Gasteiger partial charge in [-0.1, -0.05) is 23.7 Å². The molecule has 0 spiro atoms. The summed E-state index contributed by atoms with van der Waals surface area (Å²) in [5.41, 5.74) is 1.98. The predicted molar refractivity (Wildman–Crippen MR) is 69.0 cm³/mol. The minimum atomic E-state index is -0.818. The molecule has 0 aliphatic heterocycles. The van der Waals surface area contributed by atoms with Crippen molar-refractivity contribution in [2.45, 2.75) is 19.4 Å². The number of benzene rings is 1. The highest BCUT2D eigenvalue weighted by atomic mass is 35.5. The Morgan fingerprint density at radius 2 is 2.11 bits per heavy atom. The normalized spacial score (nSPS) is 12.4. The van der Waals surface area contributed by atoms with Gasteiger partial charge in [0, 0.05) is 17.6 Å². The number of aliphatic hydroxyl groups excluding tert-OH is 1. The summed E-state index contributed by atoms with van der Waals surface area (Å²) in [6, 6.07) is 8.04. The quantitative estimate of drug-likeness (QED) is 0.922. The van der Waals surface area contributed by atoms with Gasteiger partial charge in [0.15, 0.2) is 0 Å². The van der Waals surface area contributed by atoms with Crippen molar-refractivity contribution in [1.82, 2.24) is 4.98 Å². The minimum absolute atomic E-state index is 0.180. The number of aliphatic hydroxyl groups is 1. The van der Waals surface area contributed by atoms with Crippen molar-refractivity contribution >= 4 is 11.6 Å². The van der Waals surface area contributed by atoms with Crippen LogP contribution in [0, 0.1) is 12.7 Å². The van der Waals surface area contributed by atoms with Gasteiger partial charge in [-0.25, -0.2) is 4.39 Å². The van der Waals surface area contributed by atoms with Gasteiger partial charge < -0.3 is 5.11 Å². The van der Waals surface area contributed by atoms with Crippen LogP contribution in [0.2, 0.25) is 5.02 Å². The molecule has 0 aliphatic carbocycles. The van der Waals surface area contributed by atoms with E-state index < -0.39 is 11.9 Å². The number of nitrogens with zero attached hydrogens (tertiary/aromatic N) is 1. The van der Waals surface area contributed by atoms with E-state index in [0.717, 1.165) is 5.56 Å². The van der Waals surface area contributed by atoms with Gasteiger partial charge in [-0.15, -0.1) is 0 Å². The van der Waals surface area contributed by atoms with Gasteiger partial charge in [-0.2, -0.15) is 0 Å². The first-order valence-corrected chi connectivity index (χ1v) is 5.98. The first-order chi connectivity index (χ1) is 8.56. The van der Waals surface area contributed by atoms with Gasteiger partial charge in [0.25, 0.3) is 0 Å². The van der Waals surface area contributed by atoms with Gasteiger partial charge in [-0.05, 0) is 36.2 Å². The molecule has 0 bridgehead atoms. The molecule has 0 fully saturated rings. The Kier molecular flexibility index (Phi) is 3.94. The van der Waals surface area contributed by atoms with E-state index in [4.69, 9.17) is 11.6 Å². The first-order valence-electron chi connectivity index (χ1n) is 5.61. The molecular formula is C14H13ClFNO. The Morgan fingerprint density at radius 3 is 2.72 bits per heavy atom. The molecule has 94 valence electrons. The average molecular weight is 266 g/mol. The van der Waals surface area contributed by atoms with Crippen LogP contribution in [0.1, 0.15) is 22.9 Å². The Bertz CT molecular complexity index is 542. The number of hydrogen-bond donors (Lipinski definition) is 1. The molecule has 0 saturated carbocycles. The molecule has 0 aliphatic rings. The van der Waals surface area contributed by atoms with Crippen molar-refractivity contribution in [3.63, 3.8) is 0 Å². The molecule has 18 heavy (non-hydrogen) atoms. The molecule has 4 heteroatoms. The van der Waals surface area contributed by atoms with Gasteiger partial charge >= 0.3 is 0 Å². The second-order valence-electron chi connectivity index (χ2n) is 4.22. The summed E-state index contributed by atoms with van der Waals surface area (Å²) in [6.07, 6.45) is 1.04. The van der Waals surface area contributed by atoms with E-state index >= 15 is 0 Å². The van der Waals surface area contributed by atoms with Crippen LogP contribution >= 0.6 is 11.6 Å². The molecule has 1 N–H and O–H groups in total. The number of aromatic nitrogens is 1. The number of aryl methyl sites for hydroxylation is 1. The van der Waals surface area contributed by atoms with Crippen molar-refractivity contribution in [3.8, 4) is 0 Å². The van der Waals surface area contributed by atoms with Crippen molar-refractivity contribution in [1.29, 1.82) is 0 Å². The van der Waals surface area contributed by atoms with Crippen molar-refractivity contribution in [2.24, 2.45) is 0 Å². The van der Waals surface area contributed by atoms with Gasteiger partial charge in [-0.3, -0.25) is 4.98 Å². The third kappa shape index (κ3) is 3.06. The molecule has 0 saturated heterocycles. The minimum Gasteiger partial charge on any atom is -0.386 e. The highest BCUT2D eigenvalue weighted by Gasteiger charge is 2.12. The molecule has 0 radical (unpaired) electrons. The molecule has 0 amide bonds. The number of hydrogen-bond acceptors (Lipinski definition) is 2. The monoisotopic (exact) mass is 265 g/mol. The van der Waals surface area contributed by atoms with E-state index in [9.17, 15) is 9.50 Å². The topological polar surface area (TPSA) is 33.1 Å². The molecule has 1 aromatic heterocycles. The number of rotatable bonds is 3. The molecule has 2 rings (SSSR count). The highest BCUT2D eigenvalue weighted by molar-refractivity contribution is 6.30. The molecule has 1 unspecified atom stereocenters. The van der Waals surface area contributed by atoms with Crippen molar-refractivity contribution in [3.05, 3.63) is 64.2 Å². The lowest BCUT2D eigenvalue weighted by atomic mass is 10.0. The maximum atomic E-state index is 13.6. The summed E-state index contributed by atoms with van der Waals surface area (Å²) in [5, 5.41) is 10.3. The maximum Gasteiger partial charge on any atom is 0.127 e.